The molecule has 84 valence electrons. The van der Waals surface area contributed by atoms with Crippen LogP contribution in [0.4, 0.5) is 0 Å². The molecule has 0 saturated heterocycles. The van der Waals surface area contributed by atoms with Gasteiger partial charge in [-0.3, -0.25) is 4.79 Å². The molecule has 16 heavy (non-hydrogen) atoms. The number of hydrogen-bond acceptors (Lipinski definition) is 3. The van der Waals surface area contributed by atoms with Crippen molar-refractivity contribution in [2.45, 2.75) is 13.0 Å². The van der Waals surface area contributed by atoms with Crippen LogP contribution in [-0.4, -0.2) is 21.2 Å². The SMILES string of the molecule is Cc1[nH]c2cc(O)ccc2c1C(N)C(=O)O. The largest absolute Gasteiger partial charge is 0.508 e. The van der Waals surface area contributed by atoms with Gasteiger partial charge in [-0.2, -0.15) is 0 Å². The van der Waals surface area contributed by atoms with E-state index in [0.717, 1.165) is 5.39 Å². The molecule has 0 aliphatic heterocycles. The van der Waals surface area contributed by atoms with Crippen LogP contribution in [0.1, 0.15) is 17.3 Å². The number of carbonyl (C=O) groups is 1. The van der Waals surface area contributed by atoms with Crippen molar-refractivity contribution in [1.82, 2.24) is 4.98 Å². The predicted molar refractivity (Wildman–Crippen MR) is 59.3 cm³/mol. The van der Waals surface area contributed by atoms with Crippen molar-refractivity contribution in [1.29, 1.82) is 0 Å². The van der Waals surface area contributed by atoms with Crippen LogP contribution in [0.2, 0.25) is 0 Å². The second-order valence-electron chi connectivity index (χ2n) is 3.71. The Morgan fingerprint density at radius 3 is 2.81 bits per heavy atom. The van der Waals surface area contributed by atoms with Crippen LogP contribution in [0.3, 0.4) is 0 Å². The second-order valence-corrected chi connectivity index (χ2v) is 3.71. The van der Waals surface area contributed by atoms with Crippen LogP contribution < -0.4 is 5.73 Å². The van der Waals surface area contributed by atoms with Gasteiger partial charge in [-0.05, 0) is 19.1 Å². The lowest BCUT2D eigenvalue weighted by Crippen LogP contribution is -2.21. The molecule has 1 atom stereocenters. The van der Waals surface area contributed by atoms with Gasteiger partial charge in [0.05, 0.1) is 0 Å². The van der Waals surface area contributed by atoms with Crippen LogP contribution in [0.5, 0.6) is 5.75 Å². The molecular formula is C11H12N2O3. The summed E-state index contributed by atoms with van der Waals surface area (Å²) < 4.78 is 0. The lowest BCUT2D eigenvalue weighted by Gasteiger charge is -2.06. The molecule has 2 rings (SSSR count). The summed E-state index contributed by atoms with van der Waals surface area (Å²) in [5, 5.41) is 18.9. The highest BCUT2D eigenvalue weighted by Crippen LogP contribution is 2.29. The van der Waals surface area contributed by atoms with E-state index in [9.17, 15) is 9.90 Å². The molecule has 5 nitrogen and oxygen atoms in total. The molecule has 5 N–H and O–H groups in total. The number of H-pyrrole nitrogens is 1. The van der Waals surface area contributed by atoms with Gasteiger partial charge < -0.3 is 20.9 Å². The van der Waals surface area contributed by atoms with Gasteiger partial charge >= 0.3 is 5.97 Å². The normalized spacial score (nSPS) is 12.9. The standard InChI is InChI=1S/C11H12N2O3/c1-5-9(10(12)11(15)16)7-3-2-6(14)4-8(7)13-5/h2-4,10,13-14H,12H2,1H3,(H,15,16). The highest BCUT2D eigenvalue weighted by atomic mass is 16.4. The lowest BCUT2D eigenvalue weighted by molar-refractivity contribution is -0.138. The van der Waals surface area contributed by atoms with Gasteiger partial charge in [-0.25, -0.2) is 0 Å². The molecule has 0 spiro atoms. The first-order valence-corrected chi connectivity index (χ1v) is 4.80. The molecule has 1 unspecified atom stereocenters. The minimum absolute atomic E-state index is 0.129. The molecule has 2 aromatic rings. The first-order chi connectivity index (χ1) is 7.50. The lowest BCUT2D eigenvalue weighted by atomic mass is 10.0. The van der Waals surface area contributed by atoms with Gasteiger partial charge in [-0.15, -0.1) is 0 Å². The number of benzene rings is 1. The summed E-state index contributed by atoms with van der Waals surface area (Å²) in [7, 11) is 0. The number of hydrogen-bond donors (Lipinski definition) is 4. The van der Waals surface area contributed by atoms with E-state index in [1.54, 1.807) is 19.1 Å². The molecule has 0 bridgehead atoms. The Morgan fingerprint density at radius 2 is 2.19 bits per heavy atom. The number of aromatic amines is 1. The van der Waals surface area contributed by atoms with Crippen LogP contribution >= 0.6 is 0 Å². The van der Waals surface area contributed by atoms with Crippen LogP contribution in [-0.2, 0) is 4.79 Å². The maximum absolute atomic E-state index is 10.9. The van der Waals surface area contributed by atoms with E-state index in [-0.39, 0.29) is 5.75 Å². The second kappa shape index (κ2) is 3.53. The van der Waals surface area contributed by atoms with E-state index < -0.39 is 12.0 Å². The molecule has 0 aliphatic carbocycles. The van der Waals surface area contributed by atoms with Crippen molar-refractivity contribution < 1.29 is 15.0 Å². The average Bonchev–Trinajstić information content (AvgIpc) is 2.51. The zero-order chi connectivity index (χ0) is 11.9. The van der Waals surface area contributed by atoms with Crippen molar-refractivity contribution in [3.63, 3.8) is 0 Å². The van der Waals surface area contributed by atoms with Crippen molar-refractivity contribution >= 4 is 16.9 Å². The number of aromatic nitrogens is 1. The van der Waals surface area contributed by atoms with Gasteiger partial charge in [0.25, 0.3) is 0 Å². The Kier molecular flexibility index (Phi) is 2.32. The highest BCUT2D eigenvalue weighted by Gasteiger charge is 2.21. The van der Waals surface area contributed by atoms with E-state index in [1.165, 1.54) is 6.07 Å². The molecule has 0 radical (unpaired) electrons. The number of phenols is 1. The van der Waals surface area contributed by atoms with E-state index in [1.807, 2.05) is 0 Å². The van der Waals surface area contributed by atoms with Crippen molar-refractivity contribution in [2.24, 2.45) is 5.73 Å². The van der Waals surface area contributed by atoms with E-state index in [0.29, 0.717) is 16.8 Å². The topological polar surface area (TPSA) is 99.3 Å². The summed E-state index contributed by atoms with van der Waals surface area (Å²) in [5.74, 6) is -0.943. The zero-order valence-electron chi connectivity index (χ0n) is 8.69. The van der Waals surface area contributed by atoms with E-state index in [4.69, 9.17) is 10.8 Å². The van der Waals surface area contributed by atoms with Crippen molar-refractivity contribution in [2.75, 3.05) is 0 Å². The third-order valence-electron chi connectivity index (χ3n) is 2.60. The quantitative estimate of drug-likeness (QED) is 0.612. The van der Waals surface area contributed by atoms with Gasteiger partial charge in [0, 0.05) is 28.2 Å². The zero-order valence-corrected chi connectivity index (χ0v) is 8.69. The number of phenolic OH excluding ortho intramolecular Hbond substituents is 1. The fraction of sp³-hybridized carbons (Fsp3) is 0.182. The molecule has 0 saturated carbocycles. The van der Waals surface area contributed by atoms with Gasteiger partial charge in [0.1, 0.15) is 11.8 Å². The Morgan fingerprint density at radius 1 is 1.50 bits per heavy atom. The minimum atomic E-state index is -1.07. The fourth-order valence-corrected chi connectivity index (χ4v) is 1.87. The third-order valence-corrected chi connectivity index (χ3v) is 2.60. The maximum atomic E-state index is 10.9. The predicted octanol–water partition coefficient (Wildman–Crippen LogP) is 1.27. The maximum Gasteiger partial charge on any atom is 0.325 e. The number of carboxylic acid groups (broad SMARTS) is 1. The summed E-state index contributed by atoms with van der Waals surface area (Å²) in [6, 6.07) is 3.65. The van der Waals surface area contributed by atoms with Gasteiger partial charge in [0.2, 0.25) is 0 Å². The number of aromatic hydroxyl groups is 1. The van der Waals surface area contributed by atoms with Crippen LogP contribution in [0, 0.1) is 6.92 Å². The molecule has 0 aliphatic rings. The summed E-state index contributed by atoms with van der Waals surface area (Å²) in [4.78, 5) is 13.9. The molecule has 0 amide bonds. The number of rotatable bonds is 2. The van der Waals surface area contributed by atoms with Crippen molar-refractivity contribution in [3.8, 4) is 5.75 Å². The monoisotopic (exact) mass is 220 g/mol. The van der Waals surface area contributed by atoms with Crippen LogP contribution in [0.25, 0.3) is 10.9 Å². The highest BCUT2D eigenvalue weighted by molar-refractivity contribution is 5.91. The van der Waals surface area contributed by atoms with Crippen molar-refractivity contribution in [3.05, 3.63) is 29.5 Å². The Balaban J connectivity index is 2.69. The number of aryl methyl sites for hydroxylation is 1. The number of aliphatic carboxylic acids is 1. The molecule has 1 heterocycles. The Bertz CT molecular complexity index is 560. The Hall–Kier alpha value is -2.01. The van der Waals surface area contributed by atoms with E-state index in [2.05, 4.69) is 4.98 Å². The molecule has 0 fully saturated rings. The number of fused-ring (bicyclic) bond motifs is 1. The summed E-state index contributed by atoms with van der Waals surface area (Å²) in [6.07, 6.45) is 0. The molecule has 1 aromatic heterocycles. The molecule has 5 heteroatoms. The van der Waals surface area contributed by atoms with E-state index >= 15 is 0 Å². The van der Waals surface area contributed by atoms with Crippen LogP contribution in [0.15, 0.2) is 18.2 Å². The Labute approximate surface area is 91.5 Å². The summed E-state index contributed by atoms with van der Waals surface area (Å²) in [6.45, 7) is 1.76. The number of nitrogens with one attached hydrogen (secondary N) is 1. The summed E-state index contributed by atoms with van der Waals surface area (Å²) >= 11 is 0. The van der Waals surface area contributed by atoms with Gasteiger partial charge in [-0.1, -0.05) is 0 Å². The summed E-state index contributed by atoms with van der Waals surface area (Å²) in [5.41, 5.74) is 7.55. The first kappa shape index (κ1) is 10.5. The minimum Gasteiger partial charge on any atom is -0.508 e. The number of nitrogens with two attached hydrogens (primary N) is 1. The average molecular weight is 220 g/mol. The first-order valence-electron chi connectivity index (χ1n) is 4.80. The smallest absolute Gasteiger partial charge is 0.325 e. The molecular weight excluding hydrogens is 208 g/mol. The fourth-order valence-electron chi connectivity index (χ4n) is 1.87. The van der Waals surface area contributed by atoms with Gasteiger partial charge in [0.15, 0.2) is 0 Å². The number of carboxylic acids is 1. The molecule has 1 aromatic carbocycles. The third kappa shape index (κ3) is 1.51.